The number of aromatic nitrogens is 2. The van der Waals surface area contributed by atoms with E-state index in [9.17, 15) is 4.79 Å². The summed E-state index contributed by atoms with van der Waals surface area (Å²) in [6.07, 6.45) is 4.13. The van der Waals surface area contributed by atoms with Crippen LogP contribution in [-0.4, -0.2) is 33.1 Å². The number of aromatic amines is 1. The van der Waals surface area contributed by atoms with Crippen molar-refractivity contribution in [3.63, 3.8) is 0 Å². The summed E-state index contributed by atoms with van der Waals surface area (Å²) in [6, 6.07) is -0.0279. The second kappa shape index (κ2) is 4.54. The number of nitrogens with zero attached hydrogens (tertiary/aromatic N) is 2. The summed E-state index contributed by atoms with van der Waals surface area (Å²) < 4.78 is 5.49. The number of ether oxygens (including phenoxy) is 1. The highest BCUT2D eigenvalue weighted by molar-refractivity contribution is 5.69. The van der Waals surface area contributed by atoms with E-state index >= 15 is 0 Å². The highest BCUT2D eigenvalue weighted by Gasteiger charge is 2.43. The summed E-state index contributed by atoms with van der Waals surface area (Å²) in [5, 5.41) is 0. The number of hydrogen-bond donors (Lipinski definition) is 1. The predicted octanol–water partition coefficient (Wildman–Crippen LogP) is 3.12. The van der Waals surface area contributed by atoms with E-state index in [4.69, 9.17) is 4.74 Å². The monoisotopic (exact) mass is 265 g/mol. The maximum atomic E-state index is 12.3. The van der Waals surface area contributed by atoms with Crippen molar-refractivity contribution < 1.29 is 9.53 Å². The molecule has 1 amide bonds. The van der Waals surface area contributed by atoms with Gasteiger partial charge in [0, 0.05) is 18.9 Å². The number of amides is 1. The lowest BCUT2D eigenvalue weighted by Crippen LogP contribution is -2.37. The Morgan fingerprint density at radius 3 is 2.74 bits per heavy atom. The Balaban J connectivity index is 2.19. The van der Waals surface area contributed by atoms with Crippen molar-refractivity contribution in [3.05, 3.63) is 18.2 Å². The van der Waals surface area contributed by atoms with Crippen LogP contribution in [-0.2, 0) is 4.74 Å². The van der Waals surface area contributed by atoms with E-state index in [0.717, 1.165) is 12.2 Å². The Labute approximate surface area is 114 Å². The standard InChI is InChI=1S/C14H23N3O2/c1-13(2,3)19-12(18)17-9-14(4,5)8-10(17)11-15-6-7-16-11/h6-7,10H,8-9H2,1-5H3,(H,15,16). The van der Waals surface area contributed by atoms with Gasteiger partial charge in [-0.05, 0) is 32.6 Å². The number of likely N-dealkylation sites (tertiary alicyclic amines) is 1. The predicted molar refractivity (Wildman–Crippen MR) is 72.7 cm³/mol. The third-order valence-electron chi connectivity index (χ3n) is 3.18. The molecule has 19 heavy (non-hydrogen) atoms. The molecule has 0 bridgehead atoms. The van der Waals surface area contributed by atoms with Crippen LogP contribution < -0.4 is 0 Å². The van der Waals surface area contributed by atoms with Gasteiger partial charge < -0.3 is 9.72 Å². The fraction of sp³-hybridized carbons (Fsp3) is 0.714. The van der Waals surface area contributed by atoms with Gasteiger partial charge in [0.05, 0.1) is 6.04 Å². The van der Waals surface area contributed by atoms with Gasteiger partial charge in [-0.25, -0.2) is 9.78 Å². The molecule has 1 aliphatic heterocycles. The van der Waals surface area contributed by atoms with Crippen molar-refractivity contribution in [2.75, 3.05) is 6.54 Å². The number of carbonyl (C=O) groups is 1. The van der Waals surface area contributed by atoms with E-state index < -0.39 is 5.60 Å². The zero-order valence-corrected chi connectivity index (χ0v) is 12.4. The van der Waals surface area contributed by atoms with E-state index in [1.54, 1.807) is 17.3 Å². The van der Waals surface area contributed by atoms with Gasteiger partial charge >= 0.3 is 6.09 Å². The number of carbonyl (C=O) groups excluding carboxylic acids is 1. The zero-order valence-electron chi connectivity index (χ0n) is 12.4. The molecule has 106 valence electrons. The van der Waals surface area contributed by atoms with E-state index in [2.05, 4.69) is 23.8 Å². The van der Waals surface area contributed by atoms with E-state index in [1.165, 1.54) is 0 Å². The SMILES string of the molecule is CC1(C)CC(c2ncc[nH]2)N(C(=O)OC(C)(C)C)C1. The first-order valence-electron chi connectivity index (χ1n) is 6.67. The van der Waals surface area contributed by atoms with E-state index in [0.29, 0.717) is 6.54 Å². The first kappa shape index (κ1) is 13.9. The second-order valence-electron chi connectivity index (χ2n) is 6.97. The summed E-state index contributed by atoms with van der Waals surface area (Å²) in [5.41, 5.74) is -0.397. The lowest BCUT2D eigenvalue weighted by molar-refractivity contribution is 0.0207. The average molecular weight is 265 g/mol. The Hall–Kier alpha value is -1.52. The van der Waals surface area contributed by atoms with Crippen LogP contribution in [0.3, 0.4) is 0 Å². The molecule has 0 saturated carbocycles. The molecule has 0 spiro atoms. The topological polar surface area (TPSA) is 58.2 Å². The molecule has 1 fully saturated rings. The zero-order chi connectivity index (χ0) is 14.3. The molecule has 5 nitrogen and oxygen atoms in total. The molecular weight excluding hydrogens is 242 g/mol. The molecule has 0 aromatic carbocycles. The summed E-state index contributed by atoms with van der Waals surface area (Å²) in [4.78, 5) is 21.5. The number of H-pyrrole nitrogens is 1. The van der Waals surface area contributed by atoms with Gasteiger partial charge in [0.1, 0.15) is 11.4 Å². The molecule has 2 rings (SSSR count). The highest BCUT2D eigenvalue weighted by Crippen LogP contribution is 2.42. The van der Waals surface area contributed by atoms with Crippen molar-refractivity contribution in [2.45, 2.75) is 52.7 Å². The summed E-state index contributed by atoms with van der Waals surface area (Å²) >= 11 is 0. The number of imidazole rings is 1. The number of nitrogens with one attached hydrogen (secondary N) is 1. The van der Waals surface area contributed by atoms with Gasteiger partial charge in [-0.3, -0.25) is 4.90 Å². The van der Waals surface area contributed by atoms with Crippen LogP contribution in [0.15, 0.2) is 12.4 Å². The van der Waals surface area contributed by atoms with Crippen molar-refractivity contribution in [1.29, 1.82) is 0 Å². The van der Waals surface area contributed by atoms with Gasteiger partial charge in [-0.15, -0.1) is 0 Å². The van der Waals surface area contributed by atoms with Crippen LogP contribution in [0, 0.1) is 5.41 Å². The first-order chi connectivity index (χ1) is 8.68. The second-order valence-corrected chi connectivity index (χ2v) is 6.97. The molecule has 1 unspecified atom stereocenters. The Kier molecular flexibility index (Phi) is 3.32. The fourth-order valence-corrected chi connectivity index (χ4v) is 2.49. The maximum Gasteiger partial charge on any atom is 0.410 e. The number of hydrogen-bond acceptors (Lipinski definition) is 3. The molecule has 1 aromatic rings. The molecule has 1 saturated heterocycles. The minimum absolute atomic E-state index is 0.0279. The van der Waals surface area contributed by atoms with E-state index in [-0.39, 0.29) is 17.6 Å². The Morgan fingerprint density at radius 1 is 1.53 bits per heavy atom. The Bertz CT molecular complexity index is 446. The van der Waals surface area contributed by atoms with Crippen molar-refractivity contribution in [3.8, 4) is 0 Å². The van der Waals surface area contributed by atoms with Crippen LogP contribution in [0.25, 0.3) is 0 Å². The molecule has 1 atom stereocenters. The first-order valence-corrected chi connectivity index (χ1v) is 6.67. The van der Waals surface area contributed by atoms with Crippen LogP contribution >= 0.6 is 0 Å². The lowest BCUT2D eigenvalue weighted by atomic mass is 9.90. The third-order valence-corrected chi connectivity index (χ3v) is 3.18. The maximum absolute atomic E-state index is 12.3. The van der Waals surface area contributed by atoms with E-state index in [1.807, 2.05) is 20.8 Å². The number of rotatable bonds is 1. The van der Waals surface area contributed by atoms with Crippen molar-refractivity contribution in [1.82, 2.24) is 14.9 Å². The van der Waals surface area contributed by atoms with Crippen LogP contribution in [0.5, 0.6) is 0 Å². The largest absolute Gasteiger partial charge is 0.444 e. The molecule has 1 aliphatic rings. The summed E-state index contributed by atoms with van der Waals surface area (Å²) in [7, 11) is 0. The molecule has 1 N–H and O–H groups in total. The van der Waals surface area contributed by atoms with Crippen molar-refractivity contribution in [2.24, 2.45) is 5.41 Å². The van der Waals surface area contributed by atoms with Gasteiger partial charge in [-0.1, -0.05) is 13.8 Å². The molecule has 2 heterocycles. The molecule has 0 aliphatic carbocycles. The van der Waals surface area contributed by atoms with Crippen LogP contribution in [0.2, 0.25) is 0 Å². The molecule has 0 radical (unpaired) electrons. The summed E-state index contributed by atoms with van der Waals surface area (Å²) in [5.74, 6) is 0.830. The minimum Gasteiger partial charge on any atom is -0.444 e. The lowest BCUT2D eigenvalue weighted by Gasteiger charge is -2.28. The van der Waals surface area contributed by atoms with Crippen LogP contribution in [0.1, 0.15) is 52.9 Å². The van der Waals surface area contributed by atoms with Gasteiger partial charge in [0.2, 0.25) is 0 Å². The fourth-order valence-electron chi connectivity index (χ4n) is 2.49. The van der Waals surface area contributed by atoms with Gasteiger partial charge in [-0.2, -0.15) is 0 Å². The van der Waals surface area contributed by atoms with Crippen LogP contribution in [0.4, 0.5) is 4.79 Å². The average Bonchev–Trinajstić information content (AvgIpc) is 2.81. The molecule has 5 heteroatoms. The Morgan fingerprint density at radius 2 is 2.21 bits per heavy atom. The highest BCUT2D eigenvalue weighted by atomic mass is 16.6. The third kappa shape index (κ3) is 3.28. The van der Waals surface area contributed by atoms with Gasteiger partial charge in [0.15, 0.2) is 0 Å². The van der Waals surface area contributed by atoms with Crippen molar-refractivity contribution >= 4 is 6.09 Å². The minimum atomic E-state index is -0.475. The smallest absolute Gasteiger partial charge is 0.410 e. The normalized spacial score (nSPS) is 22.6. The van der Waals surface area contributed by atoms with Gasteiger partial charge in [0.25, 0.3) is 0 Å². The summed E-state index contributed by atoms with van der Waals surface area (Å²) in [6.45, 7) is 10.7. The quantitative estimate of drug-likeness (QED) is 0.848. The molecule has 1 aromatic heterocycles. The molecular formula is C14H23N3O2.